The monoisotopic (exact) mass is 295 g/mol. The summed E-state index contributed by atoms with van der Waals surface area (Å²) in [5.74, 6) is 0.647. The predicted octanol–water partition coefficient (Wildman–Crippen LogP) is 6.18. The molecule has 0 fully saturated rings. The maximum Gasteiger partial charge on any atom is 0.0817 e. The van der Waals surface area contributed by atoms with E-state index in [1.54, 1.807) is 11.3 Å². The van der Waals surface area contributed by atoms with Gasteiger partial charge in [-0.1, -0.05) is 25.5 Å². The molecule has 0 unspecified atom stereocenters. The molecule has 0 saturated heterocycles. The van der Waals surface area contributed by atoms with E-state index in [0.29, 0.717) is 5.92 Å². The van der Waals surface area contributed by atoms with Crippen molar-refractivity contribution < 1.29 is 0 Å². The molecular formula is C19H21NS. The normalized spacial score (nSPS) is 11.4. The van der Waals surface area contributed by atoms with Crippen LogP contribution in [0.15, 0.2) is 41.8 Å². The summed E-state index contributed by atoms with van der Waals surface area (Å²) in [4.78, 5) is 4.81. The molecule has 0 aliphatic carbocycles. The average molecular weight is 295 g/mol. The maximum atomic E-state index is 4.81. The number of fused-ring (bicyclic) bond motifs is 1. The summed E-state index contributed by atoms with van der Waals surface area (Å²) >= 11 is 1.75. The highest BCUT2D eigenvalue weighted by Crippen LogP contribution is 2.30. The van der Waals surface area contributed by atoms with Gasteiger partial charge in [0.15, 0.2) is 0 Å². The number of aromatic nitrogens is 1. The van der Waals surface area contributed by atoms with Crippen molar-refractivity contribution in [1.29, 1.82) is 0 Å². The van der Waals surface area contributed by atoms with Crippen molar-refractivity contribution in [2.75, 3.05) is 0 Å². The standard InChI is InChI=1S/C19H21NS/c1-4-14(5-2)15-10-13(3)11-16(12-15)17-6-7-19-18(20-17)8-9-21-19/h6-12,14H,4-5H2,1-3H3. The first-order chi connectivity index (χ1) is 10.2. The summed E-state index contributed by atoms with van der Waals surface area (Å²) in [5, 5.41) is 2.10. The fourth-order valence-corrected chi connectivity index (χ4v) is 3.69. The summed E-state index contributed by atoms with van der Waals surface area (Å²) in [6.07, 6.45) is 2.38. The summed E-state index contributed by atoms with van der Waals surface area (Å²) in [6.45, 7) is 6.72. The van der Waals surface area contributed by atoms with Gasteiger partial charge in [0.05, 0.1) is 15.9 Å². The molecule has 0 saturated carbocycles. The van der Waals surface area contributed by atoms with Crippen molar-refractivity contribution in [2.45, 2.75) is 39.5 Å². The fraction of sp³-hybridized carbons (Fsp3) is 0.316. The highest BCUT2D eigenvalue weighted by atomic mass is 32.1. The topological polar surface area (TPSA) is 12.9 Å². The van der Waals surface area contributed by atoms with E-state index in [1.165, 1.54) is 34.2 Å². The van der Waals surface area contributed by atoms with Gasteiger partial charge < -0.3 is 0 Å². The van der Waals surface area contributed by atoms with Gasteiger partial charge in [0.1, 0.15) is 0 Å². The van der Waals surface area contributed by atoms with Gasteiger partial charge in [-0.3, -0.25) is 0 Å². The van der Waals surface area contributed by atoms with Crippen molar-refractivity contribution in [2.24, 2.45) is 0 Å². The van der Waals surface area contributed by atoms with Crippen molar-refractivity contribution in [3.8, 4) is 11.3 Å². The Bertz CT molecular complexity index is 753. The van der Waals surface area contributed by atoms with Gasteiger partial charge >= 0.3 is 0 Å². The van der Waals surface area contributed by atoms with Crippen LogP contribution < -0.4 is 0 Å². The van der Waals surface area contributed by atoms with Crippen LogP contribution in [0.5, 0.6) is 0 Å². The van der Waals surface area contributed by atoms with E-state index >= 15 is 0 Å². The van der Waals surface area contributed by atoms with Crippen LogP contribution in [0.2, 0.25) is 0 Å². The summed E-state index contributed by atoms with van der Waals surface area (Å²) < 4.78 is 1.26. The van der Waals surface area contributed by atoms with Crippen molar-refractivity contribution >= 4 is 21.6 Å². The fourth-order valence-electron chi connectivity index (χ4n) is 2.97. The molecule has 3 rings (SSSR count). The second-order valence-electron chi connectivity index (χ2n) is 5.65. The lowest BCUT2D eigenvalue weighted by atomic mass is 9.90. The average Bonchev–Trinajstić information content (AvgIpc) is 2.95. The minimum absolute atomic E-state index is 0.647. The molecule has 0 radical (unpaired) electrons. The molecule has 0 amide bonds. The molecule has 21 heavy (non-hydrogen) atoms. The lowest BCUT2D eigenvalue weighted by Gasteiger charge is -2.15. The van der Waals surface area contributed by atoms with E-state index < -0.39 is 0 Å². The van der Waals surface area contributed by atoms with Gasteiger partial charge in [0.25, 0.3) is 0 Å². The number of thiophene rings is 1. The van der Waals surface area contributed by atoms with Crippen LogP contribution in [0.25, 0.3) is 21.5 Å². The Hall–Kier alpha value is -1.67. The van der Waals surface area contributed by atoms with Gasteiger partial charge in [0.2, 0.25) is 0 Å². The highest BCUT2D eigenvalue weighted by molar-refractivity contribution is 7.17. The zero-order valence-electron chi connectivity index (χ0n) is 12.9. The predicted molar refractivity (Wildman–Crippen MR) is 93.1 cm³/mol. The van der Waals surface area contributed by atoms with E-state index in [2.05, 4.69) is 62.5 Å². The van der Waals surface area contributed by atoms with E-state index in [0.717, 1.165) is 11.2 Å². The molecule has 1 aromatic carbocycles. The number of benzene rings is 1. The van der Waals surface area contributed by atoms with Gasteiger partial charge in [0, 0.05) is 5.56 Å². The molecule has 2 aromatic heterocycles. The molecule has 0 aliphatic heterocycles. The second-order valence-corrected chi connectivity index (χ2v) is 6.59. The Balaban J connectivity index is 2.08. The van der Waals surface area contributed by atoms with Crippen LogP contribution >= 0.6 is 11.3 Å². The molecular weight excluding hydrogens is 274 g/mol. The van der Waals surface area contributed by atoms with E-state index in [-0.39, 0.29) is 0 Å². The van der Waals surface area contributed by atoms with E-state index in [1.807, 2.05) is 0 Å². The largest absolute Gasteiger partial charge is 0.247 e. The minimum atomic E-state index is 0.647. The Kier molecular flexibility index (Phi) is 4.07. The molecule has 1 nitrogen and oxygen atoms in total. The van der Waals surface area contributed by atoms with Gasteiger partial charge in [-0.15, -0.1) is 11.3 Å². The molecule has 2 heterocycles. The van der Waals surface area contributed by atoms with Crippen LogP contribution in [0.1, 0.15) is 43.7 Å². The Labute approximate surface area is 130 Å². The zero-order chi connectivity index (χ0) is 14.8. The van der Waals surface area contributed by atoms with E-state index in [4.69, 9.17) is 4.98 Å². The quantitative estimate of drug-likeness (QED) is 0.560. The molecule has 0 aliphatic rings. The molecule has 0 bridgehead atoms. The Morgan fingerprint density at radius 3 is 2.62 bits per heavy atom. The first-order valence-corrected chi connectivity index (χ1v) is 8.55. The Morgan fingerprint density at radius 1 is 1.05 bits per heavy atom. The third-order valence-corrected chi connectivity index (χ3v) is 5.03. The third-order valence-electron chi connectivity index (χ3n) is 4.16. The lowest BCUT2D eigenvalue weighted by molar-refractivity contribution is 0.641. The van der Waals surface area contributed by atoms with Gasteiger partial charge in [-0.25, -0.2) is 4.98 Å². The highest BCUT2D eigenvalue weighted by Gasteiger charge is 2.10. The first kappa shape index (κ1) is 14.3. The number of hydrogen-bond donors (Lipinski definition) is 0. The summed E-state index contributed by atoms with van der Waals surface area (Å²) in [5.41, 5.74) is 6.19. The van der Waals surface area contributed by atoms with Crippen molar-refractivity contribution in [1.82, 2.24) is 4.98 Å². The van der Waals surface area contributed by atoms with Crippen LogP contribution in [-0.2, 0) is 0 Å². The third kappa shape index (κ3) is 2.86. The zero-order valence-corrected chi connectivity index (χ0v) is 13.7. The van der Waals surface area contributed by atoms with E-state index in [9.17, 15) is 0 Å². The van der Waals surface area contributed by atoms with Gasteiger partial charge in [-0.05, 0) is 67.0 Å². The molecule has 0 N–H and O–H groups in total. The molecule has 0 atom stereocenters. The maximum absolute atomic E-state index is 4.81. The number of rotatable bonds is 4. The summed E-state index contributed by atoms with van der Waals surface area (Å²) in [6, 6.07) is 13.3. The number of pyridine rings is 1. The SMILES string of the molecule is CCC(CC)c1cc(C)cc(-c2ccc3sccc3n2)c1. The van der Waals surface area contributed by atoms with Crippen molar-refractivity contribution in [3.63, 3.8) is 0 Å². The van der Waals surface area contributed by atoms with Crippen LogP contribution in [0.3, 0.4) is 0 Å². The number of aryl methyl sites for hydroxylation is 1. The van der Waals surface area contributed by atoms with Crippen LogP contribution in [0, 0.1) is 6.92 Å². The lowest BCUT2D eigenvalue weighted by Crippen LogP contribution is -1.97. The summed E-state index contributed by atoms with van der Waals surface area (Å²) in [7, 11) is 0. The number of hydrogen-bond acceptors (Lipinski definition) is 2. The first-order valence-electron chi connectivity index (χ1n) is 7.67. The molecule has 2 heteroatoms. The van der Waals surface area contributed by atoms with Crippen molar-refractivity contribution in [3.05, 3.63) is 52.9 Å². The molecule has 108 valence electrons. The smallest absolute Gasteiger partial charge is 0.0817 e. The van der Waals surface area contributed by atoms with Gasteiger partial charge in [-0.2, -0.15) is 0 Å². The Morgan fingerprint density at radius 2 is 1.86 bits per heavy atom. The minimum Gasteiger partial charge on any atom is -0.247 e. The number of nitrogens with zero attached hydrogens (tertiary/aromatic N) is 1. The second kappa shape index (κ2) is 5.98. The molecule has 3 aromatic rings. The molecule has 0 spiro atoms. The van der Waals surface area contributed by atoms with Crippen LogP contribution in [0.4, 0.5) is 0 Å². The van der Waals surface area contributed by atoms with Crippen LogP contribution in [-0.4, -0.2) is 4.98 Å².